The molecule has 0 N–H and O–H groups in total. The van der Waals surface area contributed by atoms with E-state index in [4.69, 9.17) is 11.6 Å². The monoisotopic (exact) mass is 387 g/mol. The molecule has 0 amide bonds. The number of rotatable bonds is 4. The quantitative estimate of drug-likeness (QED) is 0.690. The molecule has 0 saturated carbocycles. The topological polar surface area (TPSA) is 65.1 Å². The highest BCUT2D eigenvalue weighted by molar-refractivity contribution is 6.30. The second kappa shape index (κ2) is 6.56. The van der Waals surface area contributed by atoms with Gasteiger partial charge in [0.2, 0.25) is 5.95 Å². The molecule has 0 atom stereocenters. The van der Waals surface area contributed by atoms with E-state index in [1.807, 2.05) is 33.7 Å². The summed E-state index contributed by atoms with van der Waals surface area (Å²) in [4.78, 5) is 32.4. The first-order valence-corrected chi connectivity index (χ1v) is 9.49. The van der Waals surface area contributed by atoms with E-state index in [0.717, 1.165) is 12.1 Å². The van der Waals surface area contributed by atoms with Crippen LogP contribution in [0, 0.1) is 5.92 Å². The van der Waals surface area contributed by atoms with E-state index < -0.39 is 0 Å². The number of hydrogen-bond donors (Lipinski definition) is 0. The van der Waals surface area contributed by atoms with Gasteiger partial charge in [0, 0.05) is 37.4 Å². The Morgan fingerprint density at radius 2 is 2.00 bits per heavy atom. The van der Waals surface area contributed by atoms with Gasteiger partial charge < -0.3 is 9.47 Å². The zero-order valence-corrected chi connectivity index (χ0v) is 16.4. The molecule has 0 fully saturated rings. The molecule has 7 nitrogen and oxygen atoms in total. The van der Waals surface area contributed by atoms with Crippen molar-refractivity contribution in [2.24, 2.45) is 13.0 Å². The maximum Gasteiger partial charge on any atom is 0.332 e. The molecule has 0 spiro atoms. The standard InChI is InChI=1S/C19H22ClN5O2/c1-12(2)7-8-25-17(26)15-16(22(3)19(25)27)21-18-23(9-10-24(15)18)14-6-4-5-13(20)11-14/h4-6,11-12H,7-10H2,1-3H3. The lowest BCUT2D eigenvalue weighted by molar-refractivity contribution is 0.487. The van der Waals surface area contributed by atoms with Gasteiger partial charge in [0.05, 0.1) is 0 Å². The zero-order chi connectivity index (χ0) is 19.3. The first-order chi connectivity index (χ1) is 12.9. The molecule has 1 aliphatic rings. The van der Waals surface area contributed by atoms with Crippen LogP contribution in [-0.2, 0) is 20.1 Å². The van der Waals surface area contributed by atoms with Gasteiger partial charge in [-0.25, -0.2) is 4.79 Å². The normalized spacial score (nSPS) is 13.7. The predicted molar refractivity (Wildman–Crippen MR) is 107 cm³/mol. The molecule has 3 heterocycles. The van der Waals surface area contributed by atoms with Crippen LogP contribution in [0.4, 0.5) is 11.6 Å². The molecule has 1 aromatic carbocycles. The first-order valence-electron chi connectivity index (χ1n) is 9.11. The van der Waals surface area contributed by atoms with Crippen LogP contribution in [0.5, 0.6) is 0 Å². The van der Waals surface area contributed by atoms with Crippen molar-refractivity contribution in [3.05, 3.63) is 50.1 Å². The molecule has 2 aromatic heterocycles. The van der Waals surface area contributed by atoms with Crippen LogP contribution < -0.4 is 16.1 Å². The number of anilines is 2. The average molecular weight is 388 g/mol. The van der Waals surface area contributed by atoms with Crippen LogP contribution in [0.15, 0.2) is 33.9 Å². The van der Waals surface area contributed by atoms with Crippen molar-refractivity contribution in [3.8, 4) is 0 Å². The van der Waals surface area contributed by atoms with Gasteiger partial charge in [-0.15, -0.1) is 0 Å². The summed E-state index contributed by atoms with van der Waals surface area (Å²) >= 11 is 6.13. The zero-order valence-electron chi connectivity index (χ0n) is 15.6. The van der Waals surface area contributed by atoms with E-state index >= 15 is 0 Å². The number of hydrogen-bond acceptors (Lipinski definition) is 4. The summed E-state index contributed by atoms with van der Waals surface area (Å²) in [7, 11) is 1.67. The lowest BCUT2D eigenvalue weighted by Crippen LogP contribution is -2.40. The van der Waals surface area contributed by atoms with Crippen molar-refractivity contribution in [3.63, 3.8) is 0 Å². The molecule has 0 radical (unpaired) electrons. The molecule has 27 heavy (non-hydrogen) atoms. The molecule has 0 aliphatic carbocycles. The lowest BCUT2D eigenvalue weighted by Gasteiger charge is -2.16. The second-order valence-corrected chi connectivity index (χ2v) is 7.78. The molecular weight excluding hydrogens is 366 g/mol. The fourth-order valence-corrected chi connectivity index (χ4v) is 3.74. The van der Waals surface area contributed by atoms with Crippen LogP contribution in [-0.4, -0.2) is 25.2 Å². The number of imidazole rings is 1. The highest BCUT2D eigenvalue weighted by atomic mass is 35.5. The van der Waals surface area contributed by atoms with Gasteiger partial charge >= 0.3 is 5.69 Å². The van der Waals surface area contributed by atoms with Crippen LogP contribution in [0.2, 0.25) is 5.02 Å². The van der Waals surface area contributed by atoms with Crippen molar-refractivity contribution in [2.45, 2.75) is 33.4 Å². The fourth-order valence-electron chi connectivity index (χ4n) is 3.55. The van der Waals surface area contributed by atoms with Crippen molar-refractivity contribution in [2.75, 3.05) is 11.4 Å². The highest BCUT2D eigenvalue weighted by Gasteiger charge is 2.28. The fraction of sp³-hybridized carbons (Fsp3) is 0.421. The van der Waals surface area contributed by atoms with Crippen LogP contribution in [0.25, 0.3) is 11.2 Å². The Morgan fingerprint density at radius 1 is 1.22 bits per heavy atom. The Balaban J connectivity index is 1.89. The Hall–Kier alpha value is -2.54. The van der Waals surface area contributed by atoms with Crippen molar-refractivity contribution >= 4 is 34.4 Å². The van der Waals surface area contributed by atoms with Crippen molar-refractivity contribution in [1.29, 1.82) is 0 Å². The molecule has 4 rings (SSSR count). The third kappa shape index (κ3) is 2.86. The van der Waals surface area contributed by atoms with Gasteiger partial charge in [-0.3, -0.25) is 13.9 Å². The molecule has 0 bridgehead atoms. The Kier molecular flexibility index (Phi) is 4.34. The van der Waals surface area contributed by atoms with Crippen LogP contribution >= 0.6 is 11.6 Å². The Labute approximate surface area is 161 Å². The van der Waals surface area contributed by atoms with Crippen LogP contribution in [0.3, 0.4) is 0 Å². The number of aromatic nitrogens is 4. The van der Waals surface area contributed by atoms with E-state index in [-0.39, 0.29) is 11.2 Å². The lowest BCUT2D eigenvalue weighted by atomic mass is 10.1. The largest absolute Gasteiger partial charge is 0.332 e. The van der Waals surface area contributed by atoms with E-state index in [9.17, 15) is 9.59 Å². The summed E-state index contributed by atoms with van der Waals surface area (Å²) < 4.78 is 4.71. The minimum atomic E-state index is -0.320. The summed E-state index contributed by atoms with van der Waals surface area (Å²) in [6.45, 7) is 5.90. The number of aryl methyl sites for hydroxylation is 1. The Bertz CT molecular complexity index is 1140. The van der Waals surface area contributed by atoms with Gasteiger partial charge in [-0.1, -0.05) is 31.5 Å². The van der Waals surface area contributed by atoms with E-state index in [1.165, 1.54) is 9.13 Å². The molecule has 142 valence electrons. The van der Waals surface area contributed by atoms with E-state index in [1.54, 1.807) is 7.05 Å². The van der Waals surface area contributed by atoms with Gasteiger partial charge in [0.15, 0.2) is 11.2 Å². The Morgan fingerprint density at radius 3 is 2.70 bits per heavy atom. The van der Waals surface area contributed by atoms with Gasteiger partial charge in [0.1, 0.15) is 0 Å². The molecule has 3 aromatic rings. The van der Waals surface area contributed by atoms with Crippen molar-refractivity contribution in [1.82, 2.24) is 18.7 Å². The summed E-state index contributed by atoms with van der Waals surface area (Å²) in [6.07, 6.45) is 0.774. The summed E-state index contributed by atoms with van der Waals surface area (Å²) in [5.74, 6) is 1.08. The third-order valence-electron chi connectivity index (χ3n) is 5.05. The summed E-state index contributed by atoms with van der Waals surface area (Å²) in [5, 5.41) is 0.644. The summed E-state index contributed by atoms with van der Waals surface area (Å²) in [6, 6.07) is 7.54. The van der Waals surface area contributed by atoms with E-state index in [2.05, 4.69) is 18.8 Å². The maximum atomic E-state index is 13.1. The third-order valence-corrected chi connectivity index (χ3v) is 5.29. The molecular formula is C19H22ClN5O2. The molecule has 1 aliphatic heterocycles. The SMILES string of the molecule is CC(C)CCn1c(=O)c2c(nc3n2CCN3c2cccc(Cl)c2)n(C)c1=O. The number of benzene rings is 1. The number of halogens is 1. The predicted octanol–water partition coefficient (Wildman–Crippen LogP) is 2.75. The minimum Gasteiger partial charge on any atom is -0.310 e. The molecule has 0 unspecified atom stereocenters. The average Bonchev–Trinajstić information content (AvgIpc) is 3.18. The number of nitrogens with zero attached hydrogens (tertiary/aromatic N) is 5. The van der Waals surface area contributed by atoms with E-state index in [0.29, 0.717) is 47.7 Å². The molecule has 8 heteroatoms. The maximum absolute atomic E-state index is 13.1. The van der Waals surface area contributed by atoms with Crippen molar-refractivity contribution < 1.29 is 0 Å². The number of fused-ring (bicyclic) bond motifs is 3. The smallest absolute Gasteiger partial charge is 0.310 e. The highest BCUT2D eigenvalue weighted by Crippen LogP contribution is 2.32. The van der Waals surface area contributed by atoms with Gasteiger partial charge in [0.25, 0.3) is 5.56 Å². The van der Waals surface area contributed by atoms with Gasteiger partial charge in [-0.05, 0) is 30.5 Å². The summed E-state index contributed by atoms with van der Waals surface area (Å²) in [5.41, 5.74) is 1.24. The van der Waals surface area contributed by atoms with Gasteiger partial charge in [-0.2, -0.15) is 4.98 Å². The van der Waals surface area contributed by atoms with Crippen LogP contribution in [0.1, 0.15) is 20.3 Å². The second-order valence-electron chi connectivity index (χ2n) is 7.35. The molecule has 0 saturated heterocycles. The minimum absolute atomic E-state index is 0.263. The first kappa shape index (κ1) is 17.9.